The Hall–Kier alpha value is -2.88. The number of nitrogens with zero attached hydrogens (tertiary/aromatic N) is 1. The molecule has 0 spiro atoms. The standard InChI is InChI=1S/C18H16ClN3O5S/c1-26-14-6-4-11(9-16(14)28(20,24)25)22-17(23)10-27-15-7-5-13(19)12-3-2-8-21-18(12)15/h2-9H,10H2,1H3,(H,22,23)(H2,20,24,25). The van der Waals surface area contributed by atoms with E-state index in [1.807, 2.05) is 0 Å². The molecule has 8 nitrogen and oxygen atoms in total. The molecular formula is C18H16ClN3O5S. The van der Waals surface area contributed by atoms with Crippen molar-refractivity contribution in [3.63, 3.8) is 0 Å². The first-order valence-corrected chi connectivity index (χ1v) is 9.89. The molecule has 0 saturated carbocycles. The van der Waals surface area contributed by atoms with Gasteiger partial charge in [-0.1, -0.05) is 11.6 Å². The maximum atomic E-state index is 12.2. The summed E-state index contributed by atoms with van der Waals surface area (Å²) >= 11 is 6.13. The van der Waals surface area contributed by atoms with Crippen LogP contribution in [0.15, 0.2) is 53.6 Å². The van der Waals surface area contributed by atoms with Gasteiger partial charge in [-0.25, -0.2) is 13.6 Å². The van der Waals surface area contributed by atoms with Gasteiger partial charge in [0.2, 0.25) is 10.0 Å². The third-order valence-electron chi connectivity index (χ3n) is 3.79. The second kappa shape index (κ2) is 8.01. The molecule has 3 rings (SSSR count). The van der Waals surface area contributed by atoms with E-state index in [2.05, 4.69) is 10.3 Å². The molecule has 146 valence electrons. The van der Waals surface area contributed by atoms with E-state index in [-0.39, 0.29) is 22.9 Å². The van der Waals surface area contributed by atoms with Crippen molar-refractivity contribution >= 4 is 44.1 Å². The largest absolute Gasteiger partial charge is 0.495 e. The predicted molar refractivity (Wildman–Crippen MR) is 105 cm³/mol. The highest BCUT2D eigenvalue weighted by molar-refractivity contribution is 7.89. The zero-order valence-corrected chi connectivity index (χ0v) is 16.3. The zero-order valence-electron chi connectivity index (χ0n) is 14.7. The van der Waals surface area contributed by atoms with Crippen molar-refractivity contribution < 1.29 is 22.7 Å². The van der Waals surface area contributed by atoms with Crippen LogP contribution >= 0.6 is 11.6 Å². The van der Waals surface area contributed by atoms with E-state index in [1.165, 1.54) is 25.3 Å². The molecule has 28 heavy (non-hydrogen) atoms. The molecule has 0 atom stereocenters. The van der Waals surface area contributed by atoms with Gasteiger partial charge in [0.15, 0.2) is 6.61 Å². The molecule has 10 heteroatoms. The number of primary sulfonamides is 1. The Morgan fingerprint density at radius 1 is 1.21 bits per heavy atom. The fraction of sp³-hybridized carbons (Fsp3) is 0.111. The third kappa shape index (κ3) is 4.33. The lowest BCUT2D eigenvalue weighted by atomic mass is 10.2. The summed E-state index contributed by atoms with van der Waals surface area (Å²) in [6, 6.07) is 10.9. The summed E-state index contributed by atoms with van der Waals surface area (Å²) in [6.07, 6.45) is 1.59. The smallest absolute Gasteiger partial charge is 0.262 e. The first-order valence-electron chi connectivity index (χ1n) is 7.96. The summed E-state index contributed by atoms with van der Waals surface area (Å²) in [7, 11) is -2.70. The van der Waals surface area contributed by atoms with Crippen LogP contribution in [0.5, 0.6) is 11.5 Å². The van der Waals surface area contributed by atoms with Crippen LogP contribution in [0, 0.1) is 0 Å². The van der Waals surface area contributed by atoms with E-state index in [1.54, 1.807) is 30.5 Å². The molecular weight excluding hydrogens is 406 g/mol. The van der Waals surface area contributed by atoms with Gasteiger partial charge >= 0.3 is 0 Å². The van der Waals surface area contributed by atoms with E-state index in [4.69, 9.17) is 26.2 Å². The second-order valence-electron chi connectivity index (χ2n) is 5.69. The highest BCUT2D eigenvalue weighted by Gasteiger charge is 2.17. The first kappa shape index (κ1) is 19.9. The molecule has 1 heterocycles. The van der Waals surface area contributed by atoms with Crippen LogP contribution in [0.1, 0.15) is 0 Å². The third-order valence-corrected chi connectivity index (χ3v) is 5.05. The molecule has 1 aromatic heterocycles. The first-order chi connectivity index (χ1) is 13.3. The quantitative estimate of drug-likeness (QED) is 0.631. The predicted octanol–water partition coefficient (Wildman–Crippen LogP) is 2.56. The van der Waals surface area contributed by atoms with E-state index in [9.17, 15) is 13.2 Å². The van der Waals surface area contributed by atoms with E-state index < -0.39 is 15.9 Å². The van der Waals surface area contributed by atoms with Gasteiger partial charge in [-0.2, -0.15) is 0 Å². The number of hydrogen-bond acceptors (Lipinski definition) is 6. The number of anilines is 1. The summed E-state index contributed by atoms with van der Waals surface area (Å²) in [5, 5.41) is 8.94. The van der Waals surface area contributed by atoms with Crippen LogP contribution in [-0.4, -0.2) is 33.0 Å². The number of halogens is 1. The minimum atomic E-state index is -4.02. The number of methoxy groups -OCH3 is 1. The van der Waals surface area contributed by atoms with Crippen molar-refractivity contribution in [1.82, 2.24) is 4.98 Å². The molecule has 0 unspecified atom stereocenters. The fourth-order valence-electron chi connectivity index (χ4n) is 2.55. The van der Waals surface area contributed by atoms with Crippen molar-refractivity contribution in [3.8, 4) is 11.5 Å². The maximum absolute atomic E-state index is 12.2. The number of hydrogen-bond donors (Lipinski definition) is 2. The maximum Gasteiger partial charge on any atom is 0.262 e. The lowest BCUT2D eigenvalue weighted by molar-refractivity contribution is -0.118. The number of carbonyl (C=O) groups is 1. The average molecular weight is 422 g/mol. The highest BCUT2D eigenvalue weighted by Crippen LogP contribution is 2.30. The number of aromatic nitrogens is 1. The highest BCUT2D eigenvalue weighted by atomic mass is 35.5. The van der Waals surface area contributed by atoms with Crippen molar-refractivity contribution in [3.05, 3.63) is 53.7 Å². The SMILES string of the molecule is COc1ccc(NC(=O)COc2ccc(Cl)c3cccnc23)cc1S(N)(=O)=O. The van der Waals surface area contributed by atoms with Crippen LogP contribution in [0.3, 0.4) is 0 Å². The molecule has 0 aliphatic carbocycles. The van der Waals surface area contributed by atoms with Crippen molar-refractivity contribution in [2.75, 3.05) is 19.0 Å². The zero-order chi connectivity index (χ0) is 20.3. The van der Waals surface area contributed by atoms with Crippen molar-refractivity contribution in [1.29, 1.82) is 0 Å². The van der Waals surface area contributed by atoms with E-state index in [0.717, 1.165) is 0 Å². The minimum absolute atomic E-state index is 0.0791. The molecule has 1 amide bonds. The van der Waals surface area contributed by atoms with Gasteiger partial charge in [0.1, 0.15) is 21.9 Å². The number of sulfonamides is 1. The van der Waals surface area contributed by atoms with Crippen LogP contribution < -0.4 is 19.9 Å². The molecule has 0 bridgehead atoms. The normalized spacial score (nSPS) is 11.2. The number of pyridine rings is 1. The van der Waals surface area contributed by atoms with Gasteiger partial charge in [0.25, 0.3) is 5.91 Å². The lowest BCUT2D eigenvalue weighted by Crippen LogP contribution is -2.21. The second-order valence-corrected chi connectivity index (χ2v) is 7.63. The van der Waals surface area contributed by atoms with Crippen LogP contribution in [0.25, 0.3) is 10.9 Å². The summed E-state index contributed by atoms with van der Waals surface area (Å²) in [5.41, 5.74) is 0.765. The van der Waals surface area contributed by atoms with Gasteiger partial charge in [0, 0.05) is 17.3 Å². The number of nitrogens with one attached hydrogen (secondary N) is 1. The summed E-state index contributed by atoms with van der Waals surface area (Å²) in [4.78, 5) is 16.2. The Morgan fingerprint density at radius 2 is 1.96 bits per heavy atom. The molecule has 0 fully saturated rings. The van der Waals surface area contributed by atoms with Gasteiger partial charge in [-0.05, 0) is 42.5 Å². The summed E-state index contributed by atoms with van der Waals surface area (Å²) in [6.45, 7) is -0.315. The Bertz CT molecular complexity index is 1150. The van der Waals surface area contributed by atoms with E-state index >= 15 is 0 Å². The van der Waals surface area contributed by atoms with Crippen LogP contribution in [0.4, 0.5) is 5.69 Å². The fourth-order valence-corrected chi connectivity index (χ4v) is 3.48. The Morgan fingerprint density at radius 3 is 2.68 bits per heavy atom. The molecule has 3 N–H and O–H groups in total. The van der Waals surface area contributed by atoms with Gasteiger partial charge in [-0.3, -0.25) is 9.78 Å². The number of rotatable bonds is 6. The number of benzene rings is 2. The Kier molecular flexibility index (Phi) is 5.68. The summed E-state index contributed by atoms with van der Waals surface area (Å²) in [5.74, 6) is -0.0184. The molecule has 0 radical (unpaired) electrons. The number of carbonyl (C=O) groups excluding carboxylic acids is 1. The topological polar surface area (TPSA) is 121 Å². The number of amides is 1. The van der Waals surface area contributed by atoms with Crippen LogP contribution in [-0.2, 0) is 14.8 Å². The lowest BCUT2D eigenvalue weighted by Gasteiger charge is -2.12. The molecule has 0 aliphatic rings. The number of nitrogens with two attached hydrogens (primary N) is 1. The van der Waals surface area contributed by atoms with Crippen molar-refractivity contribution in [2.24, 2.45) is 5.14 Å². The number of fused-ring (bicyclic) bond motifs is 1. The molecule has 0 aliphatic heterocycles. The van der Waals surface area contributed by atoms with Gasteiger partial charge in [-0.15, -0.1) is 0 Å². The average Bonchev–Trinajstić information content (AvgIpc) is 2.67. The van der Waals surface area contributed by atoms with Gasteiger partial charge in [0.05, 0.1) is 12.1 Å². The molecule has 0 saturated heterocycles. The number of ether oxygens (including phenoxy) is 2. The minimum Gasteiger partial charge on any atom is -0.495 e. The van der Waals surface area contributed by atoms with Gasteiger partial charge < -0.3 is 14.8 Å². The molecule has 2 aromatic carbocycles. The van der Waals surface area contributed by atoms with Crippen molar-refractivity contribution in [2.45, 2.75) is 4.90 Å². The Labute approximate surface area is 166 Å². The Balaban J connectivity index is 1.75. The van der Waals surface area contributed by atoms with E-state index in [0.29, 0.717) is 21.7 Å². The van der Waals surface area contributed by atoms with Crippen LogP contribution in [0.2, 0.25) is 5.02 Å². The summed E-state index contributed by atoms with van der Waals surface area (Å²) < 4.78 is 33.8. The monoisotopic (exact) mass is 421 g/mol. The molecule has 3 aromatic rings.